The number of anilines is 1. The lowest BCUT2D eigenvalue weighted by molar-refractivity contribution is -0.136. The van der Waals surface area contributed by atoms with E-state index in [1.165, 1.54) is 0 Å². The van der Waals surface area contributed by atoms with Gasteiger partial charge in [-0.15, -0.1) is 10.2 Å². The van der Waals surface area contributed by atoms with Gasteiger partial charge in [-0.05, 0) is 30.0 Å². The van der Waals surface area contributed by atoms with Gasteiger partial charge in [-0.1, -0.05) is 73.9 Å². The first-order valence-corrected chi connectivity index (χ1v) is 13.7. The smallest absolute Gasteiger partial charge is 0.227 e. The third-order valence-corrected chi connectivity index (χ3v) is 8.51. The van der Waals surface area contributed by atoms with E-state index in [9.17, 15) is 14.0 Å². The van der Waals surface area contributed by atoms with Gasteiger partial charge >= 0.3 is 0 Å². The van der Waals surface area contributed by atoms with Gasteiger partial charge in [-0.2, -0.15) is 0 Å². The number of nitrogens with zero attached hydrogens (tertiary/aromatic N) is 3. The van der Waals surface area contributed by atoms with Crippen LogP contribution in [0.5, 0.6) is 0 Å². The zero-order chi connectivity index (χ0) is 27.6. The molecule has 0 spiro atoms. The van der Waals surface area contributed by atoms with Crippen molar-refractivity contribution in [2.24, 2.45) is 5.73 Å². The molecule has 39 heavy (non-hydrogen) atoms. The van der Waals surface area contributed by atoms with Gasteiger partial charge < -0.3 is 16.0 Å². The van der Waals surface area contributed by atoms with Gasteiger partial charge in [0, 0.05) is 43.5 Å². The van der Waals surface area contributed by atoms with E-state index in [-0.39, 0.29) is 18.2 Å². The normalized spacial score (nSPS) is 22.0. The Labute approximate surface area is 229 Å². The van der Waals surface area contributed by atoms with Gasteiger partial charge in [0.1, 0.15) is 11.9 Å². The third kappa shape index (κ3) is 5.57. The van der Waals surface area contributed by atoms with Crippen molar-refractivity contribution in [2.45, 2.75) is 75.5 Å². The summed E-state index contributed by atoms with van der Waals surface area (Å²) in [5.74, 6) is 0.143. The van der Waals surface area contributed by atoms with Gasteiger partial charge in [0.2, 0.25) is 11.8 Å². The van der Waals surface area contributed by atoms with Crippen LogP contribution in [0, 0.1) is 0 Å². The molecule has 8 heteroatoms. The Morgan fingerprint density at radius 1 is 1.00 bits per heavy atom. The number of carbonyl (C=O) groups excluding carboxylic acids is 2. The Bertz CT molecular complexity index is 1330. The number of hydrogen-bond donors (Lipinski definition) is 2. The lowest BCUT2D eigenvalue weighted by atomic mass is 9.71. The predicted molar refractivity (Wildman–Crippen MR) is 150 cm³/mol. The maximum Gasteiger partial charge on any atom is 0.227 e. The summed E-state index contributed by atoms with van der Waals surface area (Å²) in [6.45, 7) is 1.55. The Hall–Kier alpha value is -3.65. The highest BCUT2D eigenvalue weighted by atomic mass is 19.1. The standard InChI is InChI=1S/C31H36FN5O2/c1-21(38)37(2)30(15-7-4-8-16-30)20-28(39)34-27-17-26(22-9-5-3-6-10-22)29(36-35-27)23-11-13-24(14-12-23)31(33)18-25(32)19-31/h3,5-6,9-14,17,25H,4,7-8,15-16,18-20,33H2,1-2H3,(H,34,35,39)/t25-,31+. The lowest BCUT2D eigenvalue weighted by Crippen LogP contribution is -2.52. The summed E-state index contributed by atoms with van der Waals surface area (Å²) < 4.78 is 13.5. The second kappa shape index (κ2) is 10.8. The number of nitrogens with two attached hydrogens (primary N) is 1. The summed E-state index contributed by atoms with van der Waals surface area (Å²) in [6, 6.07) is 19.4. The minimum Gasteiger partial charge on any atom is -0.340 e. The zero-order valence-electron chi connectivity index (χ0n) is 22.6. The van der Waals surface area contributed by atoms with E-state index in [2.05, 4.69) is 15.5 Å². The summed E-state index contributed by atoms with van der Waals surface area (Å²) in [7, 11) is 1.79. The van der Waals surface area contributed by atoms with Gasteiger partial charge in [-0.25, -0.2) is 4.39 Å². The number of hydrogen-bond acceptors (Lipinski definition) is 5. The van der Waals surface area contributed by atoms with E-state index < -0.39 is 17.2 Å². The van der Waals surface area contributed by atoms with Gasteiger partial charge in [-0.3, -0.25) is 9.59 Å². The summed E-state index contributed by atoms with van der Waals surface area (Å²) in [6.07, 6.45) is 4.76. The maximum absolute atomic E-state index is 13.5. The second-order valence-corrected chi connectivity index (χ2v) is 11.2. The maximum atomic E-state index is 13.5. The molecule has 2 aromatic carbocycles. The van der Waals surface area contributed by atoms with Crippen LogP contribution in [0.4, 0.5) is 10.2 Å². The molecule has 1 heterocycles. The molecular weight excluding hydrogens is 493 g/mol. The molecule has 2 aliphatic rings. The van der Waals surface area contributed by atoms with Crippen molar-refractivity contribution < 1.29 is 14.0 Å². The molecular formula is C31H36FN5O2. The molecule has 2 amide bonds. The van der Waals surface area contributed by atoms with Crippen molar-refractivity contribution in [1.82, 2.24) is 15.1 Å². The van der Waals surface area contributed by atoms with Crippen LogP contribution in [0.2, 0.25) is 0 Å². The molecule has 0 aliphatic heterocycles. The Morgan fingerprint density at radius 3 is 2.28 bits per heavy atom. The van der Waals surface area contributed by atoms with Crippen LogP contribution in [-0.4, -0.2) is 45.7 Å². The molecule has 7 nitrogen and oxygen atoms in total. The number of amides is 2. The summed E-state index contributed by atoms with van der Waals surface area (Å²) >= 11 is 0. The molecule has 0 radical (unpaired) electrons. The van der Waals surface area contributed by atoms with Crippen molar-refractivity contribution in [3.63, 3.8) is 0 Å². The number of rotatable bonds is 7. The average Bonchev–Trinajstić information content (AvgIpc) is 2.93. The number of benzene rings is 2. The highest BCUT2D eigenvalue weighted by molar-refractivity contribution is 5.92. The van der Waals surface area contributed by atoms with E-state index in [4.69, 9.17) is 5.73 Å². The van der Waals surface area contributed by atoms with Gasteiger partial charge in [0.15, 0.2) is 5.82 Å². The second-order valence-electron chi connectivity index (χ2n) is 11.2. The van der Waals surface area contributed by atoms with Crippen LogP contribution in [0.25, 0.3) is 22.4 Å². The van der Waals surface area contributed by atoms with Gasteiger partial charge in [0.25, 0.3) is 0 Å². The molecule has 0 atom stereocenters. The SMILES string of the molecule is CC(=O)N(C)C1(CC(=O)Nc2cc(-c3ccccc3)c(-c3ccc([C@]4(N)C[C@@H](F)C4)cc3)nn2)CCCCC1. The Kier molecular flexibility index (Phi) is 7.49. The largest absolute Gasteiger partial charge is 0.340 e. The van der Waals surface area contributed by atoms with E-state index in [1.54, 1.807) is 18.9 Å². The molecule has 3 aromatic rings. The quantitative estimate of drug-likeness (QED) is 0.415. The summed E-state index contributed by atoms with van der Waals surface area (Å²) in [4.78, 5) is 27.2. The van der Waals surface area contributed by atoms with Crippen LogP contribution < -0.4 is 11.1 Å². The van der Waals surface area contributed by atoms with Crippen LogP contribution in [0.15, 0.2) is 60.7 Å². The monoisotopic (exact) mass is 529 g/mol. The van der Waals surface area contributed by atoms with Crippen molar-refractivity contribution in [3.05, 3.63) is 66.2 Å². The Morgan fingerprint density at radius 2 is 1.67 bits per heavy atom. The molecule has 0 saturated heterocycles. The average molecular weight is 530 g/mol. The number of carbonyl (C=O) groups is 2. The van der Waals surface area contributed by atoms with E-state index >= 15 is 0 Å². The fraction of sp³-hybridized carbons (Fsp3) is 0.419. The first kappa shape index (κ1) is 26.9. The molecule has 3 N–H and O–H groups in total. The molecule has 1 aromatic heterocycles. The zero-order valence-corrected chi connectivity index (χ0v) is 22.6. The van der Waals surface area contributed by atoms with Crippen molar-refractivity contribution >= 4 is 17.6 Å². The third-order valence-electron chi connectivity index (χ3n) is 8.51. The first-order valence-electron chi connectivity index (χ1n) is 13.7. The minimum absolute atomic E-state index is 0.0337. The van der Waals surface area contributed by atoms with Crippen molar-refractivity contribution in [2.75, 3.05) is 12.4 Å². The molecule has 0 bridgehead atoms. The lowest BCUT2D eigenvalue weighted by Gasteiger charge is -2.44. The molecule has 5 rings (SSSR count). The fourth-order valence-electron chi connectivity index (χ4n) is 6.09. The molecule has 2 aliphatic carbocycles. The molecule has 2 fully saturated rings. The summed E-state index contributed by atoms with van der Waals surface area (Å²) in [5, 5.41) is 11.8. The van der Waals surface area contributed by atoms with Crippen molar-refractivity contribution in [1.29, 1.82) is 0 Å². The number of halogens is 1. The topological polar surface area (TPSA) is 101 Å². The number of alkyl halides is 1. The van der Waals surface area contributed by atoms with Crippen molar-refractivity contribution in [3.8, 4) is 22.4 Å². The molecule has 0 unspecified atom stereocenters. The fourth-order valence-corrected chi connectivity index (χ4v) is 6.09. The van der Waals surface area contributed by atoms with Crippen LogP contribution in [0.3, 0.4) is 0 Å². The Balaban J connectivity index is 1.41. The van der Waals surface area contributed by atoms with Crippen LogP contribution in [0.1, 0.15) is 63.9 Å². The van der Waals surface area contributed by atoms with E-state index in [0.717, 1.165) is 54.4 Å². The number of nitrogens with one attached hydrogen (secondary N) is 1. The number of aromatic nitrogens is 2. The minimum atomic E-state index is -0.844. The first-order chi connectivity index (χ1) is 18.7. The van der Waals surface area contributed by atoms with Crippen LogP contribution in [-0.2, 0) is 15.1 Å². The highest BCUT2D eigenvalue weighted by Crippen LogP contribution is 2.42. The summed E-state index contributed by atoms with van der Waals surface area (Å²) in [5.41, 5.74) is 9.48. The molecule has 2 saturated carbocycles. The van der Waals surface area contributed by atoms with Crippen LogP contribution >= 0.6 is 0 Å². The molecule has 204 valence electrons. The predicted octanol–water partition coefficient (Wildman–Crippen LogP) is 5.61. The van der Waals surface area contributed by atoms with Gasteiger partial charge in [0.05, 0.1) is 12.0 Å². The highest BCUT2D eigenvalue weighted by Gasteiger charge is 2.42. The van der Waals surface area contributed by atoms with E-state index in [0.29, 0.717) is 24.4 Å². The van der Waals surface area contributed by atoms with E-state index in [1.807, 2.05) is 60.7 Å².